The molecule has 0 saturated carbocycles. The second-order valence-corrected chi connectivity index (χ2v) is 6.39. The molecule has 3 nitrogen and oxygen atoms in total. The third-order valence-electron chi connectivity index (χ3n) is 4.07. The first-order valence-electron chi connectivity index (χ1n) is 9.44. The summed E-state index contributed by atoms with van der Waals surface area (Å²) >= 11 is 0. The van der Waals surface area contributed by atoms with Crippen LogP contribution in [0.1, 0.15) is 91.4 Å². The minimum absolute atomic E-state index is 0.0740. The van der Waals surface area contributed by atoms with E-state index in [2.05, 4.69) is 20.8 Å². The largest absolute Gasteiger partial charge is 0.463 e. The van der Waals surface area contributed by atoms with Crippen molar-refractivity contribution in [2.75, 3.05) is 19.8 Å². The Kier molecular flexibility index (Phi) is 16.4. The van der Waals surface area contributed by atoms with Gasteiger partial charge in [0.2, 0.25) is 0 Å². The van der Waals surface area contributed by atoms with Gasteiger partial charge >= 0.3 is 5.97 Å². The van der Waals surface area contributed by atoms with Crippen molar-refractivity contribution in [3.63, 3.8) is 0 Å². The molecule has 132 valence electrons. The van der Waals surface area contributed by atoms with Crippen LogP contribution in [0, 0.1) is 5.92 Å². The van der Waals surface area contributed by atoms with Crippen molar-refractivity contribution in [3.05, 3.63) is 0 Å². The molecule has 0 N–H and O–H groups in total. The minimum Gasteiger partial charge on any atom is -0.463 e. The van der Waals surface area contributed by atoms with Crippen LogP contribution in [0.5, 0.6) is 0 Å². The van der Waals surface area contributed by atoms with Gasteiger partial charge < -0.3 is 9.47 Å². The van der Waals surface area contributed by atoms with E-state index in [0.717, 1.165) is 25.9 Å². The predicted molar refractivity (Wildman–Crippen MR) is 93.1 cm³/mol. The van der Waals surface area contributed by atoms with Gasteiger partial charge in [-0.3, -0.25) is 4.79 Å². The maximum atomic E-state index is 11.5. The molecular formula is C19H38O3. The predicted octanol–water partition coefficient (Wildman–Crippen LogP) is 5.51. The summed E-state index contributed by atoms with van der Waals surface area (Å²) in [6, 6.07) is 0. The second kappa shape index (κ2) is 16.8. The van der Waals surface area contributed by atoms with Crippen molar-refractivity contribution in [1.82, 2.24) is 0 Å². The van der Waals surface area contributed by atoms with Crippen LogP contribution in [0.2, 0.25) is 0 Å². The van der Waals surface area contributed by atoms with Crippen LogP contribution >= 0.6 is 0 Å². The molecule has 0 amide bonds. The Balaban J connectivity index is 3.19. The average molecular weight is 315 g/mol. The molecule has 22 heavy (non-hydrogen) atoms. The van der Waals surface area contributed by atoms with Crippen molar-refractivity contribution in [3.8, 4) is 0 Å². The molecule has 0 rings (SSSR count). The number of carbonyl (C=O) groups excluding carboxylic acids is 1. The van der Waals surface area contributed by atoms with E-state index in [-0.39, 0.29) is 5.97 Å². The average Bonchev–Trinajstić information content (AvgIpc) is 2.52. The van der Waals surface area contributed by atoms with Crippen molar-refractivity contribution >= 4 is 5.97 Å². The van der Waals surface area contributed by atoms with Crippen molar-refractivity contribution in [1.29, 1.82) is 0 Å². The molecule has 3 heteroatoms. The Morgan fingerprint density at radius 1 is 0.864 bits per heavy atom. The Bertz CT molecular complexity index is 241. The van der Waals surface area contributed by atoms with Crippen LogP contribution in [-0.2, 0) is 14.3 Å². The highest BCUT2D eigenvalue weighted by Crippen LogP contribution is 2.10. The smallest absolute Gasteiger partial charge is 0.305 e. The Hall–Kier alpha value is -0.570. The maximum Gasteiger partial charge on any atom is 0.305 e. The maximum absolute atomic E-state index is 11.5. The topological polar surface area (TPSA) is 35.5 Å². The normalized spacial score (nSPS) is 12.3. The van der Waals surface area contributed by atoms with Gasteiger partial charge in [-0.25, -0.2) is 0 Å². The number of carbonyl (C=O) groups is 1. The van der Waals surface area contributed by atoms with Crippen LogP contribution in [0.3, 0.4) is 0 Å². The first-order valence-corrected chi connectivity index (χ1v) is 9.44. The SMILES string of the molecule is CCCCCCCCCCCC(=O)OCCOCC(C)CC. The molecule has 0 radical (unpaired) electrons. The molecule has 0 aliphatic carbocycles. The minimum atomic E-state index is -0.0740. The summed E-state index contributed by atoms with van der Waals surface area (Å²) in [6.07, 6.45) is 13.1. The van der Waals surface area contributed by atoms with Gasteiger partial charge in [-0.2, -0.15) is 0 Å². The van der Waals surface area contributed by atoms with Crippen LogP contribution < -0.4 is 0 Å². The molecule has 0 aromatic carbocycles. The van der Waals surface area contributed by atoms with Crippen molar-refractivity contribution < 1.29 is 14.3 Å². The fourth-order valence-electron chi connectivity index (χ4n) is 2.27. The number of hydrogen-bond acceptors (Lipinski definition) is 3. The summed E-state index contributed by atoms with van der Waals surface area (Å²) in [5, 5.41) is 0. The van der Waals surface area contributed by atoms with E-state index in [9.17, 15) is 4.79 Å². The van der Waals surface area contributed by atoms with Gasteiger partial charge in [0.05, 0.1) is 6.61 Å². The lowest BCUT2D eigenvalue weighted by molar-refractivity contribution is -0.145. The number of ether oxygens (including phenoxy) is 2. The van der Waals surface area contributed by atoms with E-state index in [1.54, 1.807) is 0 Å². The lowest BCUT2D eigenvalue weighted by Gasteiger charge is -2.09. The first-order chi connectivity index (χ1) is 10.7. The zero-order valence-electron chi connectivity index (χ0n) is 15.2. The Morgan fingerprint density at radius 2 is 1.45 bits per heavy atom. The van der Waals surface area contributed by atoms with Gasteiger partial charge in [-0.1, -0.05) is 78.6 Å². The first kappa shape index (κ1) is 21.4. The third kappa shape index (κ3) is 15.8. The quantitative estimate of drug-likeness (QED) is 0.278. The Labute approximate surface area is 138 Å². The molecule has 0 bridgehead atoms. The number of unbranched alkanes of at least 4 members (excludes halogenated alkanes) is 8. The molecule has 0 fully saturated rings. The standard InChI is InChI=1S/C19H38O3/c1-4-6-7-8-9-10-11-12-13-14-19(20)22-16-15-21-17-18(3)5-2/h18H,4-17H2,1-3H3. The third-order valence-corrected chi connectivity index (χ3v) is 4.07. The molecule has 0 heterocycles. The van der Waals surface area contributed by atoms with E-state index in [4.69, 9.17) is 9.47 Å². The van der Waals surface area contributed by atoms with Gasteiger partial charge in [-0.05, 0) is 12.3 Å². The number of hydrogen-bond donors (Lipinski definition) is 0. The van der Waals surface area contributed by atoms with Gasteiger partial charge in [0.1, 0.15) is 6.61 Å². The molecule has 0 aliphatic heterocycles. The molecule has 0 aromatic rings. The highest BCUT2D eigenvalue weighted by molar-refractivity contribution is 5.69. The van der Waals surface area contributed by atoms with Crippen LogP contribution in [0.15, 0.2) is 0 Å². The molecule has 0 aliphatic rings. The molecular weight excluding hydrogens is 276 g/mol. The zero-order valence-corrected chi connectivity index (χ0v) is 15.2. The zero-order chi connectivity index (χ0) is 16.5. The van der Waals surface area contributed by atoms with Crippen molar-refractivity contribution in [2.24, 2.45) is 5.92 Å². The summed E-state index contributed by atoms with van der Waals surface area (Å²) in [4.78, 5) is 11.5. The van der Waals surface area contributed by atoms with Crippen LogP contribution in [0.4, 0.5) is 0 Å². The van der Waals surface area contributed by atoms with Gasteiger partial charge in [0, 0.05) is 13.0 Å². The summed E-state index contributed by atoms with van der Waals surface area (Å²) in [5.74, 6) is 0.507. The van der Waals surface area contributed by atoms with Gasteiger partial charge in [0.25, 0.3) is 0 Å². The number of esters is 1. The fourth-order valence-corrected chi connectivity index (χ4v) is 2.27. The summed E-state index contributed by atoms with van der Waals surface area (Å²) < 4.78 is 10.6. The molecule has 0 spiro atoms. The monoisotopic (exact) mass is 314 g/mol. The van der Waals surface area contributed by atoms with E-state index in [1.807, 2.05) is 0 Å². The fraction of sp³-hybridized carbons (Fsp3) is 0.947. The van der Waals surface area contributed by atoms with E-state index in [0.29, 0.717) is 25.6 Å². The van der Waals surface area contributed by atoms with Crippen LogP contribution in [0.25, 0.3) is 0 Å². The van der Waals surface area contributed by atoms with Crippen LogP contribution in [-0.4, -0.2) is 25.8 Å². The van der Waals surface area contributed by atoms with E-state index in [1.165, 1.54) is 44.9 Å². The molecule has 1 unspecified atom stereocenters. The molecule has 0 aromatic heterocycles. The second-order valence-electron chi connectivity index (χ2n) is 6.39. The number of rotatable bonds is 16. The van der Waals surface area contributed by atoms with Gasteiger partial charge in [-0.15, -0.1) is 0 Å². The molecule has 0 saturated heterocycles. The lowest BCUT2D eigenvalue weighted by Crippen LogP contribution is -2.13. The lowest BCUT2D eigenvalue weighted by atomic mass is 10.1. The van der Waals surface area contributed by atoms with E-state index >= 15 is 0 Å². The van der Waals surface area contributed by atoms with E-state index < -0.39 is 0 Å². The van der Waals surface area contributed by atoms with Crippen molar-refractivity contribution in [2.45, 2.75) is 91.4 Å². The Morgan fingerprint density at radius 3 is 2.05 bits per heavy atom. The highest BCUT2D eigenvalue weighted by atomic mass is 16.6. The summed E-state index contributed by atoms with van der Waals surface area (Å²) in [6.45, 7) is 8.23. The van der Waals surface area contributed by atoms with Gasteiger partial charge in [0.15, 0.2) is 0 Å². The highest BCUT2D eigenvalue weighted by Gasteiger charge is 2.03. The summed E-state index contributed by atoms with van der Waals surface area (Å²) in [5.41, 5.74) is 0. The summed E-state index contributed by atoms with van der Waals surface area (Å²) in [7, 11) is 0. The molecule has 1 atom stereocenters.